The van der Waals surface area contributed by atoms with Crippen molar-refractivity contribution in [3.8, 4) is 0 Å². The van der Waals surface area contributed by atoms with Crippen LogP contribution in [0.1, 0.15) is 17.4 Å². The molecule has 0 aliphatic carbocycles. The molecule has 7 heteroatoms. The van der Waals surface area contributed by atoms with Crippen molar-refractivity contribution in [2.75, 3.05) is 17.2 Å². The van der Waals surface area contributed by atoms with Crippen LogP contribution in [0.25, 0.3) is 0 Å². The molecular weight excluding hydrogens is 333 g/mol. The Morgan fingerprint density at radius 2 is 1.76 bits per heavy atom. The number of amides is 1. The highest BCUT2D eigenvalue weighted by atomic mass is 35.5. The number of hydrogen-bond donors (Lipinski definition) is 2. The van der Waals surface area contributed by atoms with E-state index in [-0.39, 0.29) is 10.7 Å². The van der Waals surface area contributed by atoms with Crippen molar-refractivity contribution >= 4 is 52.2 Å². The van der Waals surface area contributed by atoms with E-state index in [0.717, 1.165) is 0 Å². The SMILES string of the molecule is CCNc1ccc(Cl)c(C(=O)Nc2c(Cl)cccc2Cl)n1. The predicted molar refractivity (Wildman–Crippen MR) is 87.8 cm³/mol. The summed E-state index contributed by atoms with van der Waals surface area (Å²) in [5.74, 6) is 0.0899. The van der Waals surface area contributed by atoms with E-state index in [2.05, 4.69) is 15.6 Å². The molecule has 0 aliphatic rings. The van der Waals surface area contributed by atoms with E-state index < -0.39 is 5.91 Å². The minimum absolute atomic E-state index is 0.103. The van der Waals surface area contributed by atoms with E-state index in [4.69, 9.17) is 34.8 Å². The van der Waals surface area contributed by atoms with Gasteiger partial charge in [0.15, 0.2) is 0 Å². The lowest BCUT2D eigenvalue weighted by Gasteiger charge is -2.10. The van der Waals surface area contributed by atoms with Gasteiger partial charge in [-0.3, -0.25) is 4.79 Å². The number of halogens is 3. The maximum atomic E-state index is 12.3. The number of anilines is 2. The number of rotatable bonds is 4. The number of carbonyl (C=O) groups is 1. The molecule has 1 heterocycles. The average molecular weight is 345 g/mol. The molecule has 4 nitrogen and oxygen atoms in total. The summed E-state index contributed by atoms with van der Waals surface area (Å²) in [6.45, 7) is 2.62. The lowest BCUT2D eigenvalue weighted by Crippen LogP contribution is -2.16. The first-order chi connectivity index (χ1) is 10.0. The van der Waals surface area contributed by atoms with Crippen molar-refractivity contribution in [3.05, 3.63) is 51.1 Å². The van der Waals surface area contributed by atoms with Crippen LogP contribution in [0.15, 0.2) is 30.3 Å². The van der Waals surface area contributed by atoms with Crippen molar-refractivity contribution in [3.63, 3.8) is 0 Å². The van der Waals surface area contributed by atoms with Crippen molar-refractivity contribution in [1.29, 1.82) is 0 Å². The lowest BCUT2D eigenvalue weighted by molar-refractivity contribution is 0.102. The first-order valence-corrected chi connectivity index (χ1v) is 7.32. The zero-order valence-electron chi connectivity index (χ0n) is 11.1. The van der Waals surface area contributed by atoms with E-state index in [0.29, 0.717) is 28.1 Å². The topological polar surface area (TPSA) is 54.0 Å². The molecule has 2 aromatic rings. The van der Waals surface area contributed by atoms with Crippen LogP contribution < -0.4 is 10.6 Å². The number of benzene rings is 1. The zero-order chi connectivity index (χ0) is 15.4. The van der Waals surface area contributed by atoms with Gasteiger partial charge in [0.2, 0.25) is 0 Å². The van der Waals surface area contributed by atoms with Gasteiger partial charge >= 0.3 is 0 Å². The summed E-state index contributed by atoms with van der Waals surface area (Å²) in [6, 6.07) is 8.26. The maximum absolute atomic E-state index is 12.3. The highest BCUT2D eigenvalue weighted by molar-refractivity contribution is 6.40. The van der Waals surface area contributed by atoms with E-state index in [1.807, 2.05) is 6.92 Å². The zero-order valence-corrected chi connectivity index (χ0v) is 13.4. The van der Waals surface area contributed by atoms with Crippen LogP contribution in [0, 0.1) is 0 Å². The number of nitrogens with zero attached hydrogens (tertiary/aromatic N) is 1. The summed E-state index contributed by atoms with van der Waals surface area (Å²) in [4.78, 5) is 16.5. The fraction of sp³-hybridized carbons (Fsp3) is 0.143. The Kier molecular flexibility index (Phi) is 5.28. The van der Waals surface area contributed by atoms with Crippen molar-refractivity contribution in [2.45, 2.75) is 6.92 Å². The Labute approximate surface area is 137 Å². The molecule has 0 saturated carbocycles. The van der Waals surface area contributed by atoms with Gasteiger partial charge in [-0.15, -0.1) is 0 Å². The Morgan fingerprint density at radius 1 is 1.10 bits per heavy atom. The summed E-state index contributed by atoms with van der Waals surface area (Å²) in [5, 5.41) is 6.57. The summed E-state index contributed by atoms with van der Waals surface area (Å²) in [6.07, 6.45) is 0. The molecule has 2 rings (SSSR count). The number of aromatic nitrogens is 1. The van der Waals surface area contributed by atoms with Crippen LogP contribution in [-0.4, -0.2) is 17.4 Å². The molecule has 0 radical (unpaired) electrons. The minimum Gasteiger partial charge on any atom is -0.370 e. The second-order valence-corrected chi connectivity index (χ2v) is 5.33. The van der Waals surface area contributed by atoms with Crippen molar-refractivity contribution in [2.24, 2.45) is 0 Å². The summed E-state index contributed by atoms with van der Waals surface area (Å²) in [7, 11) is 0. The Morgan fingerprint density at radius 3 is 2.38 bits per heavy atom. The number of hydrogen-bond acceptors (Lipinski definition) is 3. The summed E-state index contributed by atoms with van der Waals surface area (Å²) in [5.41, 5.74) is 0.434. The van der Waals surface area contributed by atoms with Crippen LogP contribution in [0.2, 0.25) is 15.1 Å². The van der Waals surface area contributed by atoms with E-state index in [1.165, 1.54) is 0 Å². The summed E-state index contributed by atoms with van der Waals surface area (Å²) >= 11 is 18.1. The van der Waals surface area contributed by atoms with Crippen LogP contribution >= 0.6 is 34.8 Å². The molecule has 0 atom stereocenters. The largest absolute Gasteiger partial charge is 0.370 e. The van der Waals surface area contributed by atoms with E-state index in [1.54, 1.807) is 30.3 Å². The first-order valence-electron chi connectivity index (χ1n) is 6.18. The standard InChI is InChI=1S/C14H12Cl3N3O/c1-2-18-11-7-6-10(17)13(19-11)14(21)20-12-8(15)4-3-5-9(12)16/h3-7H,2H2,1H3,(H,18,19)(H,20,21). The molecule has 0 aliphatic heterocycles. The van der Waals surface area contributed by atoms with Crippen LogP contribution in [0.3, 0.4) is 0 Å². The van der Waals surface area contributed by atoms with Gasteiger partial charge in [0.25, 0.3) is 5.91 Å². The molecule has 0 spiro atoms. The van der Waals surface area contributed by atoms with Gasteiger partial charge in [-0.1, -0.05) is 40.9 Å². The minimum atomic E-state index is -0.477. The molecule has 0 fully saturated rings. The van der Waals surface area contributed by atoms with Gasteiger partial charge in [0.05, 0.1) is 20.8 Å². The van der Waals surface area contributed by atoms with Crippen LogP contribution in [0.5, 0.6) is 0 Å². The van der Waals surface area contributed by atoms with Gasteiger partial charge in [0.1, 0.15) is 11.5 Å². The highest BCUT2D eigenvalue weighted by Gasteiger charge is 2.16. The number of para-hydroxylation sites is 1. The van der Waals surface area contributed by atoms with Gasteiger partial charge in [-0.05, 0) is 31.2 Å². The molecule has 1 aromatic carbocycles. The molecule has 0 saturated heterocycles. The fourth-order valence-corrected chi connectivity index (χ4v) is 2.35. The number of carbonyl (C=O) groups excluding carboxylic acids is 1. The van der Waals surface area contributed by atoms with Crippen molar-refractivity contribution < 1.29 is 4.79 Å². The Balaban J connectivity index is 2.30. The second-order valence-electron chi connectivity index (χ2n) is 4.11. The normalized spacial score (nSPS) is 10.3. The van der Waals surface area contributed by atoms with Gasteiger partial charge in [-0.25, -0.2) is 4.98 Å². The molecular formula is C14H12Cl3N3O. The second kappa shape index (κ2) is 6.98. The summed E-state index contributed by atoms with van der Waals surface area (Å²) < 4.78 is 0. The molecule has 0 unspecified atom stereocenters. The number of nitrogens with one attached hydrogen (secondary N) is 2. The average Bonchev–Trinajstić information content (AvgIpc) is 2.45. The van der Waals surface area contributed by atoms with Gasteiger partial charge in [-0.2, -0.15) is 0 Å². The Bertz CT molecular complexity index is 656. The van der Waals surface area contributed by atoms with Gasteiger partial charge in [0, 0.05) is 6.54 Å². The van der Waals surface area contributed by atoms with Crippen molar-refractivity contribution in [1.82, 2.24) is 4.98 Å². The third-order valence-corrected chi connectivity index (χ3v) is 3.56. The lowest BCUT2D eigenvalue weighted by atomic mass is 10.3. The monoisotopic (exact) mass is 343 g/mol. The van der Waals surface area contributed by atoms with E-state index in [9.17, 15) is 4.79 Å². The number of pyridine rings is 1. The van der Waals surface area contributed by atoms with E-state index >= 15 is 0 Å². The molecule has 1 aromatic heterocycles. The first kappa shape index (κ1) is 15.9. The third kappa shape index (κ3) is 3.79. The third-order valence-electron chi connectivity index (χ3n) is 2.62. The maximum Gasteiger partial charge on any atom is 0.275 e. The molecule has 1 amide bonds. The van der Waals surface area contributed by atoms with Crippen LogP contribution in [0.4, 0.5) is 11.5 Å². The molecule has 21 heavy (non-hydrogen) atoms. The fourth-order valence-electron chi connectivity index (χ4n) is 1.67. The van der Waals surface area contributed by atoms with Gasteiger partial charge < -0.3 is 10.6 Å². The Hall–Kier alpha value is -1.49. The smallest absolute Gasteiger partial charge is 0.275 e. The highest BCUT2D eigenvalue weighted by Crippen LogP contribution is 2.30. The van der Waals surface area contributed by atoms with Crippen LogP contribution in [-0.2, 0) is 0 Å². The molecule has 0 bridgehead atoms. The molecule has 110 valence electrons. The predicted octanol–water partition coefficient (Wildman–Crippen LogP) is 4.73. The molecule has 2 N–H and O–H groups in total. The quantitative estimate of drug-likeness (QED) is 0.843.